The Balaban J connectivity index is 1.59. The summed E-state index contributed by atoms with van der Waals surface area (Å²) in [6, 6.07) is 8.50. The first-order chi connectivity index (χ1) is 11.2. The van der Waals surface area contributed by atoms with Crippen molar-refractivity contribution in [1.29, 1.82) is 0 Å². The summed E-state index contributed by atoms with van der Waals surface area (Å²) in [5.41, 5.74) is 1.33. The first-order valence-electron chi connectivity index (χ1n) is 8.81. The van der Waals surface area contributed by atoms with Crippen LogP contribution in [0.25, 0.3) is 0 Å². The molecular formula is C19H29NO3. The highest BCUT2D eigenvalue weighted by Crippen LogP contribution is 2.30. The van der Waals surface area contributed by atoms with Gasteiger partial charge in [-0.3, -0.25) is 4.90 Å². The van der Waals surface area contributed by atoms with Crippen LogP contribution >= 0.6 is 0 Å². The molecule has 0 unspecified atom stereocenters. The van der Waals surface area contributed by atoms with Crippen molar-refractivity contribution in [2.75, 3.05) is 39.5 Å². The van der Waals surface area contributed by atoms with Crippen molar-refractivity contribution in [3.8, 4) is 5.75 Å². The molecule has 0 radical (unpaired) electrons. The Bertz CT molecular complexity index is 492. The molecule has 1 aromatic carbocycles. The van der Waals surface area contributed by atoms with Gasteiger partial charge in [-0.25, -0.2) is 0 Å². The van der Waals surface area contributed by atoms with Crippen LogP contribution in [0.3, 0.4) is 0 Å². The smallest absolute Gasteiger partial charge is 0.119 e. The van der Waals surface area contributed by atoms with Gasteiger partial charge in [0.1, 0.15) is 5.75 Å². The summed E-state index contributed by atoms with van der Waals surface area (Å²) >= 11 is 0. The molecule has 0 atom stereocenters. The molecule has 3 rings (SSSR count). The lowest BCUT2D eigenvalue weighted by molar-refractivity contribution is -0.155. The van der Waals surface area contributed by atoms with Crippen molar-refractivity contribution in [3.05, 3.63) is 29.8 Å². The van der Waals surface area contributed by atoms with Crippen LogP contribution in [0.2, 0.25) is 0 Å². The molecular weight excluding hydrogens is 290 g/mol. The van der Waals surface area contributed by atoms with E-state index in [1.54, 1.807) is 0 Å². The molecule has 4 heteroatoms. The third kappa shape index (κ3) is 4.69. The van der Waals surface area contributed by atoms with Crippen LogP contribution < -0.4 is 4.74 Å². The molecule has 1 spiro atoms. The average molecular weight is 319 g/mol. The van der Waals surface area contributed by atoms with Crippen molar-refractivity contribution < 1.29 is 14.2 Å². The Kier molecular flexibility index (Phi) is 5.57. The molecule has 2 heterocycles. The first kappa shape index (κ1) is 16.7. The number of rotatable bonds is 5. The minimum Gasteiger partial charge on any atom is -0.493 e. The van der Waals surface area contributed by atoms with Gasteiger partial charge in [0.25, 0.3) is 0 Å². The van der Waals surface area contributed by atoms with Crippen LogP contribution in [0.1, 0.15) is 32.3 Å². The molecule has 0 aliphatic carbocycles. The molecule has 2 fully saturated rings. The molecule has 4 nitrogen and oxygen atoms in total. The summed E-state index contributed by atoms with van der Waals surface area (Å²) in [6.07, 6.45) is 2.03. The molecule has 128 valence electrons. The van der Waals surface area contributed by atoms with Crippen molar-refractivity contribution in [1.82, 2.24) is 4.90 Å². The van der Waals surface area contributed by atoms with Crippen LogP contribution in [0.5, 0.6) is 5.75 Å². The lowest BCUT2D eigenvalue weighted by Crippen LogP contribution is -2.54. The van der Waals surface area contributed by atoms with E-state index in [1.165, 1.54) is 5.56 Å². The van der Waals surface area contributed by atoms with Crippen LogP contribution in [-0.4, -0.2) is 50.0 Å². The lowest BCUT2D eigenvalue weighted by Gasteiger charge is -2.44. The van der Waals surface area contributed by atoms with Crippen molar-refractivity contribution >= 4 is 0 Å². The second kappa shape index (κ2) is 7.65. The number of benzene rings is 1. The fourth-order valence-corrected chi connectivity index (χ4v) is 3.36. The number of nitrogens with zero attached hydrogens (tertiary/aromatic N) is 1. The van der Waals surface area contributed by atoms with Crippen LogP contribution in [-0.2, 0) is 16.0 Å². The number of morpholine rings is 1. The minimum absolute atomic E-state index is 0.0161. The Morgan fingerprint density at radius 3 is 2.83 bits per heavy atom. The van der Waals surface area contributed by atoms with Gasteiger partial charge < -0.3 is 14.2 Å². The van der Waals surface area contributed by atoms with E-state index < -0.39 is 0 Å². The zero-order valence-corrected chi connectivity index (χ0v) is 14.4. The van der Waals surface area contributed by atoms with E-state index in [-0.39, 0.29) is 5.60 Å². The van der Waals surface area contributed by atoms with Gasteiger partial charge in [0.15, 0.2) is 0 Å². The van der Waals surface area contributed by atoms with Gasteiger partial charge in [-0.15, -0.1) is 0 Å². The summed E-state index contributed by atoms with van der Waals surface area (Å²) in [6.45, 7) is 10.6. The van der Waals surface area contributed by atoms with Crippen LogP contribution in [0.4, 0.5) is 0 Å². The molecule has 0 saturated carbocycles. The van der Waals surface area contributed by atoms with E-state index in [2.05, 4.69) is 36.9 Å². The third-order valence-electron chi connectivity index (χ3n) is 4.62. The summed E-state index contributed by atoms with van der Waals surface area (Å²) in [7, 11) is 0. The van der Waals surface area contributed by atoms with E-state index in [1.807, 2.05) is 6.07 Å². The summed E-state index contributed by atoms with van der Waals surface area (Å²) in [4.78, 5) is 2.51. The van der Waals surface area contributed by atoms with Gasteiger partial charge >= 0.3 is 0 Å². The molecule has 0 N–H and O–H groups in total. The van der Waals surface area contributed by atoms with Gasteiger partial charge in [-0.2, -0.15) is 0 Å². The zero-order chi connectivity index (χ0) is 16.1. The zero-order valence-electron chi connectivity index (χ0n) is 14.4. The molecule has 1 aromatic rings. The normalized spacial score (nSPS) is 21.7. The SMILES string of the molecule is CC(C)COc1cccc(CN2CCOC3(CCOCC3)C2)c1. The van der Waals surface area contributed by atoms with E-state index >= 15 is 0 Å². The maximum atomic E-state index is 6.12. The van der Waals surface area contributed by atoms with Gasteiger partial charge in [0.05, 0.1) is 18.8 Å². The summed E-state index contributed by atoms with van der Waals surface area (Å²) < 4.78 is 17.5. The molecule has 0 aromatic heterocycles. The van der Waals surface area contributed by atoms with Crippen molar-refractivity contribution in [2.45, 2.75) is 38.8 Å². The Hall–Kier alpha value is -1.10. The number of ether oxygens (including phenoxy) is 3. The second-order valence-electron chi connectivity index (χ2n) is 7.21. The van der Waals surface area contributed by atoms with E-state index in [9.17, 15) is 0 Å². The van der Waals surface area contributed by atoms with Gasteiger partial charge in [0, 0.05) is 45.7 Å². The number of hydrogen-bond donors (Lipinski definition) is 0. The highest BCUT2D eigenvalue weighted by Gasteiger charge is 2.38. The van der Waals surface area contributed by atoms with Crippen molar-refractivity contribution in [2.24, 2.45) is 5.92 Å². The van der Waals surface area contributed by atoms with E-state index in [4.69, 9.17) is 14.2 Å². The Morgan fingerprint density at radius 2 is 2.04 bits per heavy atom. The molecule has 0 bridgehead atoms. The van der Waals surface area contributed by atoms with Crippen LogP contribution in [0.15, 0.2) is 24.3 Å². The lowest BCUT2D eigenvalue weighted by atomic mass is 9.92. The van der Waals surface area contributed by atoms with Gasteiger partial charge in [0.2, 0.25) is 0 Å². The molecule has 0 amide bonds. The monoisotopic (exact) mass is 319 g/mol. The first-order valence-corrected chi connectivity index (χ1v) is 8.81. The fourth-order valence-electron chi connectivity index (χ4n) is 3.36. The second-order valence-corrected chi connectivity index (χ2v) is 7.21. The average Bonchev–Trinajstić information content (AvgIpc) is 2.54. The standard InChI is InChI=1S/C19H29NO3/c1-16(2)14-22-18-5-3-4-17(12-18)13-20-8-11-23-19(15-20)6-9-21-10-7-19/h3-5,12,16H,6-11,13-15H2,1-2H3. The predicted molar refractivity (Wildman–Crippen MR) is 90.8 cm³/mol. The predicted octanol–water partition coefficient (Wildman–Crippen LogP) is 3.10. The van der Waals surface area contributed by atoms with E-state index in [0.717, 1.165) is 64.7 Å². The highest BCUT2D eigenvalue weighted by atomic mass is 16.5. The maximum Gasteiger partial charge on any atom is 0.119 e. The van der Waals surface area contributed by atoms with Crippen molar-refractivity contribution in [3.63, 3.8) is 0 Å². The minimum atomic E-state index is 0.0161. The Labute approximate surface area is 139 Å². The maximum absolute atomic E-state index is 6.12. The molecule has 2 saturated heterocycles. The topological polar surface area (TPSA) is 30.9 Å². The fraction of sp³-hybridized carbons (Fsp3) is 0.684. The largest absolute Gasteiger partial charge is 0.493 e. The highest BCUT2D eigenvalue weighted by molar-refractivity contribution is 5.28. The summed E-state index contributed by atoms with van der Waals surface area (Å²) in [5.74, 6) is 1.52. The number of hydrogen-bond acceptors (Lipinski definition) is 4. The molecule has 2 aliphatic rings. The van der Waals surface area contributed by atoms with E-state index in [0.29, 0.717) is 5.92 Å². The van der Waals surface area contributed by atoms with Gasteiger partial charge in [-0.1, -0.05) is 26.0 Å². The van der Waals surface area contributed by atoms with Crippen LogP contribution in [0, 0.1) is 5.92 Å². The molecule has 2 aliphatic heterocycles. The van der Waals surface area contributed by atoms with Gasteiger partial charge in [-0.05, 0) is 23.6 Å². The molecule has 23 heavy (non-hydrogen) atoms. The quantitative estimate of drug-likeness (QED) is 0.834. The summed E-state index contributed by atoms with van der Waals surface area (Å²) in [5, 5.41) is 0. The Morgan fingerprint density at radius 1 is 1.22 bits per heavy atom. The third-order valence-corrected chi connectivity index (χ3v) is 4.62.